The maximum Gasteiger partial charge on any atom is 0.268 e. The molecule has 8 nitrogen and oxygen atoms in total. The van der Waals surface area contributed by atoms with E-state index in [-0.39, 0.29) is 19.1 Å². The molecule has 0 aromatic carbocycles. The summed E-state index contributed by atoms with van der Waals surface area (Å²) in [6, 6.07) is -0.811. The minimum Gasteiger partial charge on any atom is -0.756 e. The van der Waals surface area contributed by atoms with E-state index in [1.54, 1.807) is 0 Å². The summed E-state index contributed by atoms with van der Waals surface area (Å²) in [7, 11) is 1.30. The zero-order chi connectivity index (χ0) is 56.3. The van der Waals surface area contributed by atoms with E-state index < -0.39 is 20.0 Å². The highest BCUT2D eigenvalue weighted by molar-refractivity contribution is 7.45. The van der Waals surface area contributed by atoms with Gasteiger partial charge >= 0.3 is 0 Å². The third-order valence-electron chi connectivity index (χ3n) is 14.4. The summed E-state index contributed by atoms with van der Waals surface area (Å²) in [6.07, 6.45) is 82.0. The van der Waals surface area contributed by atoms with E-state index in [1.807, 2.05) is 21.1 Å². The van der Waals surface area contributed by atoms with Crippen LogP contribution in [-0.4, -0.2) is 68.5 Å². The van der Waals surface area contributed by atoms with Crippen molar-refractivity contribution in [3.63, 3.8) is 0 Å². The van der Waals surface area contributed by atoms with Crippen LogP contribution in [0.4, 0.5) is 0 Å². The standard InChI is InChI=1S/C68H125N2O6P/c1-6-8-10-12-14-16-18-20-22-24-26-28-30-32-33-34-35-36-37-38-40-42-44-46-48-50-52-54-56-58-60-62-68(72)69-66(65-76-77(73,74)75-64-63-70(3,4)5)67(71)61-59-57-55-53-51-49-47-45-43-41-39-31-29-27-25-23-21-19-17-15-13-11-9-7-2/h8,10,14,16,20,22,26,28,32-33,35-36,38,40,66-67,71H,6-7,9,11-13,15,17-19,21,23-25,27,29-31,34,37,39,41-65H2,1-5H3,(H-,69,72,73,74)/b10-8-,16-14-,22-20-,28-26-,33-32-,36-35-,40-38-. The van der Waals surface area contributed by atoms with Crippen molar-refractivity contribution in [2.45, 2.75) is 302 Å². The number of hydrogen-bond acceptors (Lipinski definition) is 6. The highest BCUT2D eigenvalue weighted by Crippen LogP contribution is 2.38. The minimum atomic E-state index is -4.59. The molecule has 9 heteroatoms. The average molecular weight is 1100 g/mol. The van der Waals surface area contributed by atoms with Gasteiger partial charge in [-0.1, -0.05) is 298 Å². The number of amides is 1. The first-order chi connectivity index (χ1) is 37.5. The lowest BCUT2D eigenvalue weighted by Crippen LogP contribution is -2.46. The summed E-state index contributed by atoms with van der Waals surface area (Å²) in [5.41, 5.74) is 0. The van der Waals surface area contributed by atoms with Crippen LogP contribution in [0, 0.1) is 0 Å². The van der Waals surface area contributed by atoms with Gasteiger partial charge in [0.1, 0.15) is 13.2 Å². The number of allylic oxidation sites excluding steroid dienone is 14. The second-order valence-corrected chi connectivity index (χ2v) is 24.5. The van der Waals surface area contributed by atoms with Gasteiger partial charge in [-0.05, 0) is 70.6 Å². The van der Waals surface area contributed by atoms with E-state index in [1.165, 1.54) is 173 Å². The topological polar surface area (TPSA) is 108 Å². The van der Waals surface area contributed by atoms with Gasteiger partial charge < -0.3 is 28.8 Å². The van der Waals surface area contributed by atoms with Gasteiger partial charge in [-0.3, -0.25) is 9.36 Å². The Morgan fingerprint density at radius 3 is 1.16 bits per heavy atom. The van der Waals surface area contributed by atoms with Crippen molar-refractivity contribution >= 4 is 13.7 Å². The van der Waals surface area contributed by atoms with Crippen molar-refractivity contribution < 1.29 is 32.9 Å². The number of carbonyl (C=O) groups excluding carboxylic acids is 1. The van der Waals surface area contributed by atoms with Crippen LogP contribution in [0.25, 0.3) is 0 Å². The zero-order valence-corrected chi connectivity index (χ0v) is 52.0. The first-order valence-corrected chi connectivity index (χ1v) is 33.9. The van der Waals surface area contributed by atoms with Crippen LogP contribution in [0.2, 0.25) is 0 Å². The summed E-state index contributed by atoms with van der Waals surface area (Å²) in [5, 5.41) is 14.1. The fourth-order valence-electron chi connectivity index (χ4n) is 9.38. The number of phosphoric acid groups is 1. The van der Waals surface area contributed by atoms with Crippen molar-refractivity contribution in [3.8, 4) is 0 Å². The third-order valence-corrected chi connectivity index (χ3v) is 15.4. The van der Waals surface area contributed by atoms with Crippen LogP contribution in [0.3, 0.4) is 0 Å². The summed E-state index contributed by atoms with van der Waals surface area (Å²) < 4.78 is 23.5. The highest BCUT2D eigenvalue weighted by atomic mass is 31.2. The number of phosphoric ester groups is 1. The number of aliphatic hydroxyl groups excluding tert-OH is 1. The van der Waals surface area contributed by atoms with Crippen LogP contribution in [0.5, 0.6) is 0 Å². The Labute approximate surface area is 477 Å². The second kappa shape index (κ2) is 58.3. The minimum absolute atomic E-state index is 0.00777. The van der Waals surface area contributed by atoms with E-state index in [9.17, 15) is 19.4 Å². The summed E-state index contributed by atoms with van der Waals surface area (Å²) in [5.74, 6) is -0.171. The fraction of sp³-hybridized carbons (Fsp3) is 0.779. The Kier molecular flexibility index (Phi) is 56.6. The van der Waals surface area contributed by atoms with Crippen molar-refractivity contribution in [1.29, 1.82) is 0 Å². The Hall–Kier alpha value is -2.32. The molecule has 3 unspecified atom stereocenters. The molecule has 0 spiro atoms. The Balaban J connectivity index is 4.14. The molecule has 0 aromatic rings. The van der Waals surface area contributed by atoms with Crippen LogP contribution < -0.4 is 10.2 Å². The molecule has 1 amide bonds. The molecule has 0 radical (unpaired) electrons. The number of nitrogens with one attached hydrogen (secondary N) is 1. The number of aliphatic hydroxyl groups is 1. The van der Waals surface area contributed by atoms with Gasteiger partial charge in [-0.15, -0.1) is 0 Å². The van der Waals surface area contributed by atoms with E-state index in [2.05, 4.69) is 104 Å². The molecule has 77 heavy (non-hydrogen) atoms. The summed E-state index contributed by atoms with van der Waals surface area (Å²) in [4.78, 5) is 25.6. The van der Waals surface area contributed by atoms with E-state index in [0.29, 0.717) is 23.9 Å². The molecule has 3 atom stereocenters. The normalized spacial score (nSPS) is 14.3. The van der Waals surface area contributed by atoms with Crippen molar-refractivity contribution in [2.24, 2.45) is 0 Å². The van der Waals surface area contributed by atoms with Gasteiger partial charge in [0.05, 0.1) is 39.9 Å². The van der Waals surface area contributed by atoms with Gasteiger partial charge in [0.15, 0.2) is 0 Å². The van der Waals surface area contributed by atoms with Crippen LogP contribution in [0.15, 0.2) is 85.1 Å². The average Bonchev–Trinajstić information content (AvgIpc) is 3.39. The summed E-state index contributed by atoms with van der Waals surface area (Å²) >= 11 is 0. The maximum atomic E-state index is 13.0. The van der Waals surface area contributed by atoms with Crippen molar-refractivity contribution in [2.75, 3.05) is 40.9 Å². The molecule has 0 aliphatic rings. The fourth-order valence-corrected chi connectivity index (χ4v) is 10.1. The van der Waals surface area contributed by atoms with Crippen molar-refractivity contribution in [1.82, 2.24) is 5.32 Å². The molecule has 0 fully saturated rings. The SMILES string of the molecule is CC/C=C\C/C=C\C/C=C\C/C=C\C/C=C\C/C=C\C/C=C\CCCCCCCCCCCC(=O)NC(COP(=O)([O-])OCC[N+](C)(C)C)C(O)CCCCCCCCCCCCCCCCCCCCCCCCCC. The Morgan fingerprint density at radius 2 is 0.792 bits per heavy atom. The van der Waals surface area contributed by atoms with E-state index in [0.717, 1.165) is 89.9 Å². The van der Waals surface area contributed by atoms with Crippen LogP contribution in [-0.2, 0) is 18.4 Å². The molecular formula is C68H125N2O6P. The predicted octanol–water partition coefficient (Wildman–Crippen LogP) is 19.7. The lowest BCUT2D eigenvalue weighted by molar-refractivity contribution is -0.870. The van der Waals surface area contributed by atoms with Gasteiger partial charge in [-0.2, -0.15) is 0 Å². The molecule has 0 aromatic heterocycles. The van der Waals surface area contributed by atoms with E-state index in [4.69, 9.17) is 9.05 Å². The number of likely N-dealkylation sites (N-methyl/N-ethyl adjacent to an activating group) is 1. The monoisotopic (exact) mass is 1100 g/mol. The Bertz CT molecular complexity index is 1530. The smallest absolute Gasteiger partial charge is 0.268 e. The molecule has 0 aliphatic carbocycles. The highest BCUT2D eigenvalue weighted by Gasteiger charge is 2.24. The van der Waals surface area contributed by atoms with Crippen molar-refractivity contribution in [3.05, 3.63) is 85.1 Å². The van der Waals surface area contributed by atoms with Gasteiger partial charge in [0.25, 0.3) is 7.82 Å². The number of unbranched alkanes of at least 4 members (excludes halogenated alkanes) is 32. The lowest BCUT2D eigenvalue weighted by Gasteiger charge is -2.30. The number of hydrogen-bond donors (Lipinski definition) is 2. The van der Waals surface area contributed by atoms with Crippen LogP contribution in [0.1, 0.15) is 290 Å². The maximum absolute atomic E-state index is 13.0. The number of rotatable bonds is 59. The first-order valence-electron chi connectivity index (χ1n) is 32.4. The second-order valence-electron chi connectivity index (χ2n) is 23.1. The largest absolute Gasteiger partial charge is 0.756 e. The zero-order valence-electron chi connectivity index (χ0n) is 51.1. The number of carbonyl (C=O) groups is 1. The molecule has 448 valence electrons. The molecule has 2 N–H and O–H groups in total. The van der Waals surface area contributed by atoms with Gasteiger partial charge in [0.2, 0.25) is 5.91 Å². The van der Waals surface area contributed by atoms with Gasteiger partial charge in [0, 0.05) is 6.42 Å². The molecule has 0 bridgehead atoms. The molecule has 0 saturated carbocycles. The molecule has 0 saturated heterocycles. The number of quaternary nitrogens is 1. The predicted molar refractivity (Wildman–Crippen MR) is 334 cm³/mol. The third kappa shape index (κ3) is 61.2. The van der Waals surface area contributed by atoms with Gasteiger partial charge in [-0.25, -0.2) is 0 Å². The molecule has 0 rings (SSSR count). The first kappa shape index (κ1) is 74.7. The summed E-state index contributed by atoms with van der Waals surface area (Å²) in [6.45, 7) is 4.63. The molecule has 0 aliphatic heterocycles. The lowest BCUT2D eigenvalue weighted by atomic mass is 10.0. The van der Waals surface area contributed by atoms with Crippen LogP contribution >= 0.6 is 7.82 Å². The number of nitrogens with zero attached hydrogens (tertiary/aromatic N) is 1. The van der Waals surface area contributed by atoms with E-state index >= 15 is 0 Å². The Morgan fingerprint density at radius 1 is 0.468 bits per heavy atom. The molecular weight excluding hydrogens is 972 g/mol. The quantitative estimate of drug-likeness (QED) is 0.0272. The molecule has 0 heterocycles.